The molecule has 2 aromatic rings. The van der Waals surface area contributed by atoms with Gasteiger partial charge in [0.05, 0.1) is 43.9 Å². The third kappa shape index (κ3) is 6.13. The summed E-state index contributed by atoms with van der Waals surface area (Å²) < 4.78 is 26.6. The van der Waals surface area contributed by atoms with Gasteiger partial charge in [0, 0.05) is 25.2 Å². The number of carbonyl (C=O) groups excluding carboxylic acids is 2. The number of nitro groups is 1. The summed E-state index contributed by atoms with van der Waals surface area (Å²) in [5.74, 6) is -1.61. The van der Waals surface area contributed by atoms with E-state index in [1.165, 1.54) is 0 Å². The van der Waals surface area contributed by atoms with Gasteiger partial charge in [0.2, 0.25) is 5.76 Å². The van der Waals surface area contributed by atoms with Gasteiger partial charge in [0.25, 0.3) is 5.91 Å². The van der Waals surface area contributed by atoms with Crippen LogP contribution in [0.1, 0.15) is 24.4 Å². The van der Waals surface area contributed by atoms with E-state index in [1.54, 1.807) is 12.1 Å². The number of anilines is 2. The number of nitrogens with zero attached hydrogens (tertiary/aromatic N) is 2. The zero-order valence-corrected chi connectivity index (χ0v) is 18.3. The van der Waals surface area contributed by atoms with Gasteiger partial charge < -0.3 is 33.6 Å². The van der Waals surface area contributed by atoms with Gasteiger partial charge in [-0.25, -0.2) is 4.79 Å². The standard InChI is InChI=1S/C21H25N3O9/c1-3-30-17-12-15(23-7-9-29-10-8-23)18(31-4-2)11-14(17)22-19(25)13-32-21(26)16-5-6-20(33-16)24(27)28/h5-6,11-12H,3-4,7-10,13H2,1-2H3,(H,22,25). The average molecular weight is 463 g/mol. The summed E-state index contributed by atoms with van der Waals surface area (Å²) in [6.45, 7) is 6.41. The Morgan fingerprint density at radius 2 is 1.82 bits per heavy atom. The fourth-order valence-electron chi connectivity index (χ4n) is 3.17. The fourth-order valence-corrected chi connectivity index (χ4v) is 3.17. The zero-order valence-electron chi connectivity index (χ0n) is 18.3. The number of amides is 1. The first-order chi connectivity index (χ1) is 15.9. The molecule has 1 aliphatic rings. The van der Waals surface area contributed by atoms with Gasteiger partial charge in [-0.15, -0.1) is 0 Å². The maximum atomic E-state index is 12.4. The maximum Gasteiger partial charge on any atom is 0.433 e. The predicted molar refractivity (Wildman–Crippen MR) is 116 cm³/mol. The largest absolute Gasteiger partial charge is 0.492 e. The average Bonchev–Trinajstić information content (AvgIpc) is 3.31. The molecule has 0 aliphatic carbocycles. The summed E-state index contributed by atoms with van der Waals surface area (Å²) in [4.78, 5) is 36.4. The highest BCUT2D eigenvalue weighted by Crippen LogP contribution is 2.39. The smallest absolute Gasteiger partial charge is 0.433 e. The minimum Gasteiger partial charge on any atom is -0.492 e. The van der Waals surface area contributed by atoms with E-state index in [4.69, 9.17) is 23.4 Å². The van der Waals surface area contributed by atoms with Crippen LogP contribution in [-0.2, 0) is 14.3 Å². The number of ether oxygens (including phenoxy) is 4. The van der Waals surface area contributed by atoms with E-state index >= 15 is 0 Å². The Morgan fingerprint density at radius 1 is 1.12 bits per heavy atom. The summed E-state index contributed by atoms with van der Waals surface area (Å²) in [6, 6.07) is 5.58. The van der Waals surface area contributed by atoms with E-state index in [0.717, 1.165) is 17.8 Å². The van der Waals surface area contributed by atoms with Crippen LogP contribution in [0.2, 0.25) is 0 Å². The summed E-state index contributed by atoms with van der Waals surface area (Å²) in [5, 5.41) is 13.3. The molecule has 0 atom stereocenters. The van der Waals surface area contributed by atoms with Gasteiger partial charge in [-0.3, -0.25) is 14.9 Å². The fraction of sp³-hybridized carbons (Fsp3) is 0.429. The number of carbonyl (C=O) groups is 2. The predicted octanol–water partition coefficient (Wildman–Crippen LogP) is 2.62. The number of nitrogens with one attached hydrogen (secondary N) is 1. The van der Waals surface area contributed by atoms with Crippen molar-refractivity contribution in [3.8, 4) is 11.5 Å². The van der Waals surface area contributed by atoms with E-state index in [0.29, 0.717) is 56.7 Å². The Labute approximate surface area is 189 Å². The Hall–Kier alpha value is -3.80. The van der Waals surface area contributed by atoms with Crippen molar-refractivity contribution in [2.24, 2.45) is 0 Å². The zero-order chi connectivity index (χ0) is 23.8. The van der Waals surface area contributed by atoms with E-state index in [9.17, 15) is 19.7 Å². The van der Waals surface area contributed by atoms with E-state index in [-0.39, 0.29) is 5.76 Å². The molecule has 3 rings (SSSR count). The summed E-state index contributed by atoms with van der Waals surface area (Å²) in [6.07, 6.45) is 0. The number of rotatable bonds is 10. The molecular formula is C21H25N3O9. The minimum absolute atomic E-state index is 0.354. The molecule has 1 N–H and O–H groups in total. The Bertz CT molecular complexity index is 999. The highest BCUT2D eigenvalue weighted by molar-refractivity contribution is 5.96. The SMILES string of the molecule is CCOc1cc(N2CCOCC2)c(OCC)cc1NC(=O)COC(=O)c1ccc([N+](=O)[O-])o1. The molecular weight excluding hydrogens is 438 g/mol. The van der Waals surface area contributed by atoms with Crippen molar-refractivity contribution in [1.82, 2.24) is 0 Å². The van der Waals surface area contributed by atoms with E-state index in [1.807, 2.05) is 13.8 Å². The van der Waals surface area contributed by atoms with Crippen molar-refractivity contribution in [1.29, 1.82) is 0 Å². The van der Waals surface area contributed by atoms with Crippen LogP contribution in [0.5, 0.6) is 11.5 Å². The lowest BCUT2D eigenvalue weighted by molar-refractivity contribution is -0.402. The van der Waals surface area contributed by atoms with Gasteiger partial charge in [0.1, 0.15) is 16.4 Å². The molecule has 0 spiro atoms. The molecule has 0 bridgehead atoms. The minimum atomic E-state index is -0.999. The van der Waals surface area contributed by atoms with Crippen molar-refractivity contribution < 1.29 is 37.9 Å². The molecule has 2 heterocycles. The van der Waals surface area contributed by atoms with Crippen molar-refractivity contribution in [3.63, 3.8) is 0 Å². The molecule has 0 radical (unpaired) electrons. The third-order valence-corrected chi connectivity index (χ3v) is 4.59. The van der Waals surface area contributed by atoms with E-state index in [2.05, 4.69) is 10.2 Å². The first-order valence-electron chi connectivity index (χ1n) is 10.4. The molecule has 1 aromatic heterocycles. The van der Waals surface area contributed by atoms with Gasteiger partial charge in [-0.2, -0.15) is 0 Å². The van der Waals surface area contributed by atoms with Crippen molar-refractivity contribution in [3.05, 3.63) is 40.1 Å². The number of morpholine rings is 1. The van der Waals surface area contributed by atoms with Crippen LogP contribution in [0.25, 0.3) is 0 Å². The third-order valence-electron chi connectivity index (χ3n) is 4.59. The molecule has 1 saturated heterocycles. The number of benzene rings is 1. The molecule has 0 unspecified atom stereocenters. The highest BCUT2D eigenvalue weighted by Gasteiger charge is 2.22. The molecule has 0 saturated carbocycles. The van der Waals surface area contributed by atoms with Crippen LogP contribution in [0.3, 0.4) is 0 Å². The second kappa shape index (κ2) is 11.2. The summed E-state index contributed by atoms with van der Waals surface area (Å²) in [7, 11) is 0. The van der Waals surface area contributed by atoms with Crippen molar-refractivity contribution in [2.75, 3.05) is 56.3 Å². The second-order valence-electron chi connectivity index (χ2n) is 6.80. The number of hydrogen-bond acceptors (Lipinski definition) is 10. The molecule has 1 aliphatic heterocycles. The first-order valence-corrected chi connectivity index (χ1v) is 10.4. The topological polar surface area (TPSA) is 143 Å². The quantitative estimate of drug-likeness (QED) is 0.317. The van der Waals surface area contributed by atoms with Crippen molar-refractivity contribution >= 4 is 29.1 Å². The Kier molecular flexibility index (Phi) is 8.08. The maximum absolute atomic E-state index is 12.4. The monoisotopic (exact) mass is 463 g/mol. The summed E-state index contributed by atoms with van der Waals surface area (Å²) in [5.41, 5.74) is 1.18. The molecule has 1 fully saturated rings. The first kappa shape index (κ1) is 23.9. The molecule has 12 heteroatoms. The lowest BCUT2D eigenvalue weighted by Gasteiger charge is -2.31. The number of furan rings is 1. The van der Waals surface area contributed by atoms with Crippen LogP contribution in [0.4, 0.5) is 17.3 Å². The van der Waals surface area contributed by atoms with Gasteiger partial charge >= 0.3 is 11.9 Å². The van der Waals surface area contributed by atoms with Gasteiger partial charge in [-0.1, -0.05) is 0 Å². The number of esters is 1. The van der Waals surface area contributed by atoms with Crippen LogP contribution < -0.4 is 19.7 Å². The molecule has 1 amide bonds. The van der Waals surface area contributed by atoms with Gasteiger partial charge in [-0.05, 0) is 19.9 Å². The van der Waals surface area contributed by atoms with Crippen LogP contribution in [0, 0.1) is 10.1 Å². The van der Waals surface area contributed by atoms with Crippen LogP contribution >= 0.6 is 0 Å². The number of hydrogen-bond donors (Lipinski definition) is 1. The van der Waals surface area contributed by atoms with Crippen LogP contribution in [0.15, 0.2) is 28.7 Å². The normalized spacial score (nSPS) is 13.3. The molecule has 33 heavy (non-hydrogen) atoms. The van der Waals surface area contributed by atoms with Gasteiger partial charge in [0.15, 0.2) is 6.61 Å². The molecule has 12 nitrogen and oxygen atoms in total. The molecule has 178 valence electrons. The summed E-state index contributed by atoms with van der Waals surface area (Å²) >= 11 is 0. The van der Waals surface area contributed by atoms with Crippen molar-refractivity contribution in [2.45, 2.75) is 13.8 Å². The second-order valence-corrected chi connectivity index (χ2v) is 6.80. The Balaban J connectivity index is 1.72. The van der Waals surface area contributed by atoms with Crippen LogP contribution in [-0.4, -0.2) is 62.9 Å². The Morgan fingerprint density at radius 3 is 2.45 bits per heavy atom. The molecule has 1 aromatic carbocycles. The lowest BCUT2D eigenvalue weighted by atomic mass is 10.2. The van der Waals surface area contributed by atoms with E-state index < -0.39 is 29.3 Å². The highest BCUT2D eigenvalue weighted by atomic mass is 16.7. The lowest BCUT2D eigenvalue weighted by Crippen LogP contribution is -2.36.